The van der Waals surface area contributed by atoms with E-state index in [1.54, 1.807) is 11.8 Å². The third kappa shape index (κ3) is 7.44. The van der Waals surface area contributed by atoms with Gasteiger partial charge in [0.15, 0.2) is 0 Å². The Balaban J connectivity index is 1.72. The van der Waals surface area contributed by atoms with E-state index < -0.39 is 0 Å². The van der Waals surface area contributed by atoms with Crippen molar-refractivity contribution in [3.63, 3.8) is 0 Å². The Morgan fingerprint density at radius 1 is 1.00 bits per heavy atom. The van der Waals surface area contributed by atoms with Crippen LogP contribution in [-0.4, -0.2) is 24.1 Å². The van der Waals surface area contributed by atoms with E-state index in [2.05, 4.69) is 22.8 Å². The predicted molar refractivity (Wildman–Crippen MR) is 102 cm³/mol. The summed E-state index contributed by atoms with van der Waals surface area (Å²) >= 11 is 1.78. The van der Waals surface area contributed by atoms with Gasteiger partial charge in [-0.25, -0.2) is 0 Å². The van der Waals surface area contributed by atoms with E-state index >= 15 is 0 Å². The van der Waals surface area contributed by atoms with Crippen molar-refractivity contribution >= 4 is 23.6 Å². The van der Waals surface area contributed by atoms with Gasteiger partial charge < -0.3 is 10.6 Å². The summed E-state index contributed by atoms with van der Waals surface area (Å²) in [7, 11) is 0. The molecule has 2 aromatic carbocycles. The molecule has 0 bridgehead atoms. The maximum atomic E-state index is 12.2. The number of carbonyl (C=O) groups excluding carboxylic acids is 2. The lowest BCUT2D eigenvalue weighted by Crippen LogP contribution is -2.33. The third-order valence-electron chi connectivity index (χ3n) is 3.62. The average molecular weight is 356 g/mol. The molecule has 0 aliphatic rings. The van der Waals surface area contributed by atoms with E-state index in [4.69, 9.17) is 0 Å². The Kier molecular flexibility index (Phi) is 8.05. The van der Waals surface area contributed by atoms with E-state index in [1.165, 1.54) is 11.8 Å². The number of hydrogen-bond acceptors (Lipinski definition) is 3. The van der Waals surface area contributed by atoms with Crippen LogP contribution in [0.5, 0.6) is 0 Å². The topological polar surface area (TPSA) is 58.2 Å². The molecule has 25 heavy (non-hydrogen) atoms. The molecule has 4 nitrogen and oxygen atoms in total. The van der Waals surface area contributed by atoms with Crippen molar-refractivity contribution in [3.8, 4) is 0 Å². The lowest BCUT2D eigenvalue weighted by atomic mass is 10.0. The number of nitrogens with one attached hydrogen (secondary N) is 2. The molecule has 5 heteroatoms. The number of benzene rings is 2. The van der Waals surface area contributed by atoms with Gasteiger partial charge in [-0.2, -0.15) is 0 Å². The average Bonchev–Trinajstić information content (AvgIpc) is 2.62. The molecule has 0 spiro atoms. The molecule has 0 radical (unpaired) electrons. The molecule has 1 unspecified atom stereocenters. The first-order valence-electron chi connectivity index (χ1n) is 8.42. The Bertz CT molecular complexity index is 662. The zero-order chi connectivity index (χ0) is 17.9. The second kappa shape index (κ2) is 10.6. The molecule has 2 amide bonds. The maximum Gasteiger partial charge on any atom is 0.222 e. The smallest absolute Gasteiger partial charge is 0.222 e. The van der Waals surface area contributed by atoms with Gasteiger partial charge in [0, 0.05) is 18.4 Å². The lowest BCUT2D eigenvalue weighted by molar-refractivity contribution is -0.122. The molecule has 132 valence electrons. The zero-order valence-corrected chi connectivity index (χ0v) is 15.2. The molecule has 0 aliphatic heterocycles. The monoisotopic (exact) mass is 356 g/mol. The summed E-state index contributed by atoms with van der Waals surface area (Å²) in [4.78, 5) is 24.8. The normalized spacial score (nSPS) is 11.6. The molecule has 0 saturated heterocycles. The largest absolute Gasteiger partial charge is 0.356 e. The summed E-state index contributed by atoms with van der Waals surface area (Å²) in [5.74, 6) is 0.770. The first-order chi connectivity index (χ1) is 12.1. The van der Waals surface area contributed by atoms with Crippen LogP contribution in [0.4, 0.5) is 0 Å². The van der Waals surface area contributed by atoms with E-state index in [1.807, 2.05) is 48.5 Å². The number of amides is 2. The van der Waals surface area contributed by atoms with Crippen molar-refractivity contribution in [2.24, 2.45) is 0 Å². The Morgan fingerprint density at radius 3 is 2.28 bits per heavy atom. The minimum Gasteiger partial charge on any atom is -0.356 e. The van der Waals surface area contributed by atoms with E-state index in [-0.39, 0.29) is 24.3 Å². The van der Waals surface area contributed by atoms with Gasteiger partial charge in [0.25, 0.3) is 0 Å². The highest BCUT2D eigenvalue weighted by Crippen LogP contribution is 2.18. The Labute approximate surface area is 153 Å². The van der Waals surface area contributed by atoms with Gasteiger partial charge in [0.05, 0.1) is 12.5 Å². The van der Waals surface area contributed by atoms with E-state index in [0.29, 0.717) is 6.54 Å². The molecular weight excluding hydrogens is 332 g/mol. The summed E-state index contributed by atoms with van der Waals surface area (Å²) in [5, 5.41) is 5.79. The first-order valence-corrected chi connectivity index (χ1v) is 9.40. The van der Waals surface area contributed by atoms with Crippen molar-refractivity contribution in [2.45, 2.75) is 30.7 Å². The van der Waals surface area contributed by atoms with Crippen LogP contribution in [-0.2, 0) is 9.59 Å². The van der Waals surface area contributed by atoms with Gasteiger partial charge in [0.2, 0.25) is 11.8 Å². The fourth-order valence-corrected chi connectivity index (χ4v) is 3.32. The maximum absolute atomic E-state index is 12.2. The standard InChI is InChI=1S/C20H24N2O2S/c1-16(23)22-19(17-9-4-2-5-10-17)15-20(24)21-13-8-14-25-18-11-6-3-7-12-18/h2-7,9-12,19H,8,13-15H2,1H3,(H,21,24)(H,22,23). The minimum absolute atomic E-state index is 0.0488. The number of thioether (sulfide) groups is 1. The molecule has 0 aliphatic carbocycles. The molecule has 0 heterocycles. The molecule has 2 N–H and O–H groups in total. The van der Waals surface area contributed by atoms with Crippen molar-refractivity contribution in [3.05, 3.63) is 66.2 Å². The fourth-order valence-electron chi connectivity index (χ4n) is 2.45. The molecule has 2 aromatic rings. The predicted octanol–water partition coefficient (Wildman–Crippen LogP) is 3.55. The summed E-state index contributed by atoms with van der Waals surface area (Å²) in [6.07, 6.45) is 1.15. The van der Waals surface area contributed by atoms with Crippen LogP contribution in [0.1, 0.15) is 31.4 Å². The Morgan fingerprint density at radius 2 is 1.64 bits per heavy atom. The first kappa shape index (κ1) is 19.1. The van der Waals surface area contributed by atoms with Crippen LogP contribution >= 0.6 is 11.8 Å². The third-order valence-corrected chi connectivity index (χ3v) is 4.72. The highest BCUT2D eigenvalue weighted by Gasteiger charge is 2.16. The Hall–Kier alpha value is -2.27. The summed E-state index contributed by atoms with van der Waals surface area (Å²) in [5.41, 5.74) is 0.937. The van der Waals surface area contributed by atoms with Crippen LogP contribution in [0.25, 0.3) is 0 Å². The van der Waals surface area contributed by atoms with Crippen molar-refractivity contribution in [2.75, 3.05) is 12.3 Å². The van der Waals surface area contributed by atoms with Crippen LogP contribution < -0.4 is 10.6 Å². The molecule has 2 rings (SSSR count). The number of hydrogen-bond donors (Lipinski definition) is 2. The summed E-state index contributed by atoms with van der Waals surface area (Å²) < 4.78 is 0. The van der Waals surface area contributed by atoms with Gasteiger partial charge in [-0.05, 0) is 29.9 Å². The number of carbonyl (C=O) groups is 2. The minimum atomic E-state index is -0.294. The highest BCUT2D eigenvalue weighted by molar-refractivity contribution is 7.99. The second-order valence-corrected chi connectivity index (χ2v) is 6.90. The van der Waals surface area contributed by atoms with E-state index in [0.717, 1.165) is 17.7 Å². The van der Waals surface area contributed by atoms with Gasteiger partial charge in [-0.3, -0.25) is 9.59 Å². The van der Waals surface area contributed by atoms with Crippen LogP contribution in [0.2, 0.25) is 0 Å². The van der Waals surface area contributed by atoms with E-state index in [9.17, 15) is 9.59 Å². The van der Waals surface area contributed by atoms with Gasteiger partial charge >= 0.3 is 0 Å². The molecular formula is C20H24N2O2S. The van der Waals surface area contributed by atoms with Crippen molar-refractivity contribution in [1.82, 2.24) is 10.6 Å². The second-order valence-electron chi connectivity index (χ2n) is 5.73. The zero-order valence-electron chi connectivity index (χ0n) is 14.4. The van der Waals surface area contributed by atoms with Crippen LogP contribution in [0.15, 0.2) is 65.6 Å². The highest BCUT2D eigenvalue weighted by atomic mass is 32.2. The van der Waals surface area contributed by atoms with Gasteiger partial charge in [-0.15, -0.1) is 11.8 Å². The molecule has 0 fully saturated rings. The molecule has 0 saturated carbocycles. The molecule has 0 aromatic heterocycles. The van der Waals surface area contributed by atoms with Gasteiger partial charge in [0.1, 0.15) is 0 Å². The fraction of sp³-hybridized carbons (Fsp3) is 0.300. The van der Waals surface area contributed by atoms with Gasteiger partial charge in [-0.1, -0.05) is 48.5 Å². The SMILES string of the molecule is CC(=O)NC(CC(=O)NCCCSc1ccccc1)c1ccccc1. The summed E-state index contributed by atoms with van der Waals surface area (Å²) in [6, 6.07) is 19.5. The molecule has 1 atom stereocenters. The lowest BCUT2D eigenvalue weighted by Gasteiger charge is -2.18. The summed E-state index contributed by atoms with van der Waals surface area (Å²) in [6.45, 7) is 2.11. The number of rotatable bonds is 9. The quantitative estimate of drug-likeness (QED) is 0.534. The van der Waals surface area contributed by atoms with Crippen molar-refractivity contribution < 1.29 is 9.59 Å². The van der Waals surface area contributed by atoms with Crippen LogP contribution in [0.3, 0.4) is 0 Å². The van der Waals surface area contributed by atoms with Crippen LogP contribution in [0, 0.1) is 0 Å². The van der Waals surface area contributed by atoms with Crippen molar-refractivity contribution in [1.29, 1.82) is 0 Å².